The van der Waals surface area contributed by atoms with Crippen molar-refractivity contribution in [2.24, 2.45) is 0 Å². The number of amides is 1. The SMILES string of the molecule is CC(CNC(=O)CCNS(=O)(=O)c1cccc(Br)c1)c1ccccc1. The highest BCUT2D eigenvalue weighted by molar-refractivity contribution is 9.10. The summed E-state index contributed by atoms with van der Waals surface area (Å²) in [6.07, 6.45) is 0.0920. The first-order valence-electron chi connectivity index (χ1n) is 7.95. The summed E-state index contributed by atoms with van der Waals surface area (Å²) in [6, 6.07) is 16.3. The van der Waals surface area contributed by atoms with Gasteiger partial charge in [-0.15, -0.1) is 0 Å². The van der Waals surface area contributed by atoms with Crippen LogP contribution in [0.5, 0.6) is 0 Å². The van der Waals surface area contributed by atoms with Crippen LogP contribution in [0.3, 0.4) is 0 Å². The summed E-state index contributed by atoms with van der Waals surface area (Å²) < 4.78 is 27.4. The summed E-state index contributed by atoms with van der Waals surface area (Å²) in [6.45, 7) is 2.60. The van der Waals surface area contributed by atoms with Crippen molar-refractivity contribution < 1.29 is 13.2 Å². The highest BCUT2D eigenvalue weighted by atomic mass is 79.9. The average molecular weight is 425 g/mol. The van der Waals surface area contributed by atoms with Gasteiger partial charge in [0.2, 0.25) is 15.9 Å². The van der Waals surface area contributed by atoms with Crippen molar-refractivity contribution in [1.82, 2.24) is 10.0 Å². The van der Waals surface area contributed by atoms with Gasteiger partial charge in [-0.2, -0.15) is 0 Å². The van der Waals surface area contributed by atoms with Gasteiger partial charge in [0.25, 0.3) is 0 Å². The fourth-order valence-electron chi connectivity index (χ4n) is 2.27. The smallest absolute Gasteiger partial charge is 0.240 e. The first-order chi connectivity index (χ1) is 11.9. The van der Waals surface area contributed by atoms with E-state index >= 15 is 0 Å². The lowest BCUT2D eigenvalue weighted by Gasteiger charge is -2.13. The van der Waals surface area contributed by atoms with E-state index in [1.807, 2.05) is 37.3 Å². The molecule has 0 saturated carbocycles. The number of hydrogen-bond acceptors (Lipinski definition) is 3. The van der Waals surface area contributed by atoms with Crippen LogP contribution < -0.4 is 10.0 Å². The Labute approximate surface area is 157 Å². The maximum Gasteiger partial charge on any atom is 0.240 e. The van der Waals surface area contributed by atoms with E-state index in [0.29, 0.717) is 11.0 Å². The van der Waals surface area contributed by atoms with E-state index in [4.69, 9.17) is 0 Å². The molecule has 5 nitrogen and oxygen atoms in total. The highest BCUT2D eigenvalue weighted by Gasteiger charge is 2.14. The fourth-order valence-corrected chi connectivity index (χ4v) is 3.90. The Morgan fingerprint density at radius 1 is 1.12 bits per heavy atom. The molecule has 2 rings (SSSR count). The van der Waals surface area contributed by atoms with Crippen LogP contribution in [0, 0.1) is 0 Å². The molecule has 0 bridgehead atoms. The third kappa shape index (κ3) is 6.26. The molecule has 0 saturated heterocycles. The standard InChI is InChI=1S/C18H21BrN2O3S/c1-14(15-6-3-2-4-7-15)13-20-18(22)10-11-21-25(23,24)17-9-5-8-16(19)12-17/h2-9,12,14,21H,10-11,13H2,1H3,(H,20,22). The Bertz CT molecular complexity index is 810. The first kappa shape index (κ1) is 19.6. The summed E-state index contributed by atoms with van der Waals surface area (Å²) >= 11 is 3.24. The molecule has 25 heavy (non-hydrogen) atoms. The van der Waals surface area contributed by atoms with Crippen LogP contribution in [-0.4, -0.2) is 27.4 Å². The van der Waals surface area contributed by atoms with Gasteiger partial charge in [0, 0.05) is 24.0 Å². The van der Waals surface area contributed by atoms with Gasteiger partial charge in [-0.25, -0.2) is 13.1 Å². The van der Waals surface area contributed by atoms with Crippen molar-refractivity contribution in [3.05, 3.63) is 64.6 Å². The van der Waals surface area contributed by atoms with Gasteiger partial charge < -0.3 is 5.32 Å². The highest BCUT2D eigenvalue weighted by Crippen LogP contribution is 2.16. The zero-order valence-electron chi connectivity index (χ0n) is 13.9. The largest absolute Gasteiger partial charge is 0.355 e. The Morgan fingerprint density at radius 3 is 2.52 bits per heavy atom. The molecule has 7 heteroatoms. The minimum atomic E-state index is -3.61. The summed E-state index contributed by atoms with van der Waals surface area (Å²) in [5.41, 5.74) is 1.15. The molecule has 1 amide bonds. The van der Waals surface area contributed by atoms with E-state index in [1.54, 1.807) is 12.1 Å². The first-order valence-corrected chi connectivity index (χ1v) is 10.2. The van der Waals surface area contributed by atoms with Gasteiger partial charge in [-0.3, -0.25) is 4.79 Å². The number of carbonyl (C=O) groups excluding carboxylic acids is 1. The quantitative estimate of drug-likeness (QED) is 0.683. The van der Waals surface area contributed by atoms with Crippen molar-refractivity contribution in [2.75, 3.05) is 13.1 Å². The van der Waals surface area contributed by atoms with Crippen molar-refractivity contribution in [3.63, 3.8) is 0 Å². The lowest BCUT2D eigenvalue weighted by atomic mass is 10.0. The third-order valence-corrected chi connectivity index (χ3v) is 5.68. The minimum absolute atomic E-state index is 0.0560. The molecule has 134 valence electrons. The Hall–Kier alpha value is -1.70. The van der Waals surface area contributed by atoms with Gasteiger partial charge in [-0.05, 0) is 29.7 Å². The van der Waals surface area contributed by atoms with Gasteiger partial charge >= 0.3 is 0 Å². The Kier molecular flexibility index (Phi) is 7.16. The number of halogens is 1. The average Bonchev–Trinajstić information content (AvgIpc) is 2.60. The van der Waals surface area contributed by atoms with Crippen molar-refractivity contribution >= 4 is 31.9 Å². The van der Waals surface area contributed by atoms with Crippen LogP contribution in [0.15, 0.2) is 64.0 Å². The van der Waals surface area contributed by atoms with Crippen molar-refractivity contribution in [3.8, 4) is 0 Å². The van der Waals surface area contributed by atoms with Crippen molar-refractivity contribution in [2.45, 2.75) is 24.2 Å². The zero-order chi connectivity index (χ0) is 18.3. The summed E-state index contributed by atoms with van der Waals surface area (Å²) in [7, 11) is -3.61. The van der Waals surface area contributed by atoms with E-state index in [2.05, 4.69) is 26.0 Å². The molecule has 0 aliphatic rings. The van der Waals surface area contributed by atoms with E-state index in [9.17, 15) is 13.2 Å². The van der Waals surface area contributed by atoms with Crippen LogP contribution >= 0.6 is 15.9 Å². The predicted octanol–water partition coefficient (Wildman–Crippen LogP) is 3.04. The molecule has 0 aromatic heterocycles. The lowest BCUT2D eigenvalue weighted by Crippen LogP contribution is -2.32. The normalized spacial score (nSPS) is 12.6. The molecule has 0 aliphatic carbocycles. The molecule has 0 spiro atoms. The van der Waals surface area contributed by atoms with E-state index in [1.165, 1.54) is 12.1 Å². The minimum Gasteiger partial charge on any atom is -0.355 e. The second kappa shape index (κ2) is 9.12. The topological polar surface area (TPSA) is 75.3 Å². The van der Waals surface area contributed by atoms with Crippen LogP contribution in [0.4, 0.5) is 0 Å². The van der Waals surface area contributed by atoms with Crippen LogP contribution in [-0.2, 0) is 14.8 Å². The summed E-state index contributed by atoms with van der Waals surface area (Å²) in [4.78, 5) is 12.1. The lowest BCUT2D eigenvalue weighted by molar-refractivity contribution is -0.120. The van der Waals surface area contributed by atoms with E-state index < -0.39 is 10.0 Å². The zero-order valence-corrected chi connectivity index (χ0v) is 16.3. The molecule has 0 fully saturated rings. The number of sulfonamides is 1. The van der Waals surface area contributed by atoms with Crippen LogP contribution in [0.2, 0.25) is 0 Å². The predicted molar refractivity (Wildman–Crippen MR) is 102 cm³/mol. The van der Waals surface area contributed by atoms with Gasteiger partial charge in [-0.1, -0.05) is 59.3 Å². The second-order valence-electron chi connectivity index (χ2n) is 5.72. The van der Waals surface area contributed by atoms with Gasteiger partial charge in [0.05, 0.1) is 4.90 Å². The molecule has 0 radical (unpaired) electrons. The molecule has 1 unspecified atom stereocenters. The molecule has 2 aromatic rings. The molecular formula is C18H21BrN2O3S. The Balaban J connectivity index is 1.77. The Morgan fingerprint density at radius 2 is 1.84 bits per heavy atom. The molecule has 1 atom stereocenters. The summed E-state index contributed by atoms with van der Waals surface area (Å²) in [5.74, 6) is 0.0169. The molecule has 0 aliphatic heterocycles. The number of benzene rings is 2. The third-order valence-electron chi connectivity index (χ3n) is 3.72. The number of nitrogens with one attached hydrogen (secondary N) is 2. The maximum atomic E-state index is 12.2. The number of hydrogen-bond donors (Lipinski definition) is 2. The van der Waals surface area contributed by atoms with Crippen LogP contribution in [0.25, 0.3) is 0 Å². The fraction of sp³-hybridized carbons (Fsp3) is 0.278. The second-order valence-corrected chi connectivity index (χ2v) is 8.40. The number of carbonyl (C=O) groups is 1. The van der Waals surface area contributed by atoms with E-state index in [0.717, 1.165) is 5.56 Å². The van der Waals surface area contributed by atoms with Crippen molar-refractivity contribution in [1.29, 1.82) is 0 Å². The number of rotatable bonds is 8. The molecule has 2 N–H and O–H groups in total. The maximum absolute atomic E-state index is 12.2. The van der Waals surface area contributed by atoms with Gasteiger partial charge in [0.1, 0.15) is 0 Å². The van der Waals surface area contributed by atoms with Crippen LogP contribution in [0.1, 0.15) is 24.8 Å². The molecule has 2 aromatic carbocycles. The molecule has 0 heterocycles. The molecular weight excluding hydrogens is 404 g/mol. The van der Waals surface area contributed by atoms with E-state index in [-0.39, 0.29) is 29.7 Å². The summed E-state index contributed by atoms with van der Waals surface area (Å²) in [5, 5.41) is 2.83. The monoisotopic (exact) mass is 424 g/mol. The van der Waals surface area contributed by atoms with Gasteiger partial charge in [0.15, 0.2) is 0 Å².